The predicted octanol–water partition coefficient (Wildman–Crippen LogP) is 5.53. The Morgan fingerprint density at radius 1 is 1.12 bits per heavy atom. The van der Waals surface area contributed by atoms with Crippen LogP contribution >= 0.6 is 0 Å². The van der Waals surface area contributed by atoms with Gasteiger partial charge >= 0.3 is 6.18 Å². The Bertz CT molecular complexity index is 1020. The lowest BCUT2D eigenvalue weighted by molar-refractivity contribution is -0.137. The fraction of sp³-hybridized carbons (Fsp3) is 0.577. The van der Waals surface area contributed by atoms with Crippen LogP contribution in [0.1, 0.15) is 95.9 Å². The van der Waals surface area contributed by atoms with E-state index in [1.165, 1.54) is 18.6 Å². The van der Waals surface area contributed by atoms with Gasteiger partial charge in [0.25, 0.3) is 0 Å². The van der Waals surface area contributed by atoms with E-state index >= 15 is 0 Å². The third-order valence-electron chi connectivity index (χ3n) is 8.00. The second-order valence-corrected chi connectivity index (χ2v) is 10.1. The molecule has 1 saturated heterocycles. The van der Waals surface area contributed by atoms with Gasteiger partial charge in [-0.3, -0.25) is 4.98 Å². The van der Waals surface area contributed by atoms with E-state index in [1.807, 2.05) is 6.92 Å². The molecule has 1 saturated carbocycles. The first-order valence-electron chi connectivity index (χ1n) is 11.8. The third kappa shape index (κ3) is 4.08. The van der Waals surface area contributed by atoms with Crippen LogP contribution in [0.2, 0.25) is 0 Å². The predicted molar refractivity (Wildman–Crippen MR) is 117 cm³/mol. The Labute approximate surface area is 191 Å². The van der Waals surface area contributed by atoms with Crippen molar-refractivity contribution in [1.82, 2.24) is 4.98 Å². The number of ether oxygens (including phenoxy) is 1. The summed E-state index contributed by atoms with van der Waals surface area (Å²) in [5.74, 6) is 0.109. The van der Waals surface area contributed by atoms with Crippen LogP contribution in [0.25, 0.3) is 0 Å². The third-order valence-corrected chi connectivity index (χ3v) is 8.00. The highest BCUT2D eigenvalue weighted by Gasteiger charge is 2.45. The van der Waals surface area contributed by atoms with E-state index in [4.69, 9.17) is 9.72 Å². The van der Waals surface area contributed by atoms with E-state index in [0.717, 1.165) is 66.8 Å². The number of pyridine rings is 1. The van der Waals surface area contributed by atoms with Gasteiger partial charge in [-0.15, -0.1) is 0 Å². The normalized spacial score (nSPS) is 23.8. The number of aliphatic hydroxyl groups excluding tert-OH is 2. The van der Waals surface area contributed by atoms with Crippen molar-refractivity contribution in [3.05, 3.63) is 63.5 Å². The van der Waals surface area contributed by atoms with E-state index in [0.29, 0.717) is 30.8 Å². The van der Waals surface area contributed by atoms with E-state index in [2.05, 4.69) is 0 Å². The molecule has 0 amide bonds. The summed E-state index contributed by atoms with van der Waals surface area (Å²) in [4.78, 5) is 5.07. The van der Waals surface area contributed by atoms with Crippen molar-refractivity contribution >= 4 is 0 Å². The van der Waals surface area contributed by atoms with Crippen molar-refractivity contribution in [2.24, 2.45) is 5.41 Å². The van der Waals surface area contributed by atoms with Crippen LogP contribution in [0.15, 0.2) is 24.3 Å². The van der Waals surface area contributed by atoms with Crippen LogP contribution in [0.5, 0.6) is 0 Å². The minimum atomic E-state index is -4.43. The first kappa shape index (κ1) is 22.8. The fourth-order valence-corrected chi connectivity index (χ4v) is 6.04. The Morgan fingerprint density at radius 2 is 1.79 bits per heavy atom. The molecule has 0 radical (unpaired) electrons. The molecule has 1 aromatic carbocycles. The standard InChI is InChI=1S/C26H30F3NO3/c1-15-21-19(13-25(9-2-10-25)14-20(21)31)30-23(16-7-11-33-12-8-16)22(15)24(32)17-3-5-18(6-4-17)26(27,28)29/h3-6,16,20,24,31-32H,2,7-14H2,1H3/t20?,24-/m0/s1. The van der Waals surface area contributed by atoms with Gasteiger partial charge in [0, 0.05) is 36.0 Å². The summed E-state index contributed by atoms with van der Waals surface area (Å²) in [5.41, 5.74) is 3.75. The highest BCUT2D eigenvalue weighted by molar-refractivity contribution is 5.48. The first-order chi connectivity index (χ1) is 15.7. The largest absolute Gasteiger partial charge is 0.416 e. The average molecular weight is 462 g/mol. The highest BCUT2D eigenvalue weighted by Crippen LogP contribution is 2.54. The lowest BCUT2D eigenvalue weighted by Crippen LogP contribution is -2.38. The smallest absolute Gasteiger partial charge is 0.388 e. The molecule has 2 fully saturated rings. The summed E-state index contributed by atoms with van der Waals surface area (Å²) in [6, 6.07) is 4.67. The number of aromatic nitrogens is 1. The first-order valence-corrected chi connectivity index (χ1v) is 11.8. The summed E-state index contributed by atoms with van der Waals surface area (Å²) in [5, 5.41) is 22.5. The molecule has 0 bridgehead atoms. The molecule has 1 unspecified atom stereocenters. The molecule has 2 heterocycles. The van der Waals surface area contributed by atoms with Gasteiger partial charge in [-0.2, -0.15) is 13.2 Å². The molecule has 7 heteroatoms. The zero-order valence-electron chi connectivity index (χ0n) is 18.8. The molecule has 1 aliphatic heterocycles. The van der Waals surface area contributed by atoms with Crippen LogP contribution in [0.4, 0.5) is 13.2 Å². The summed E-state index contributed by atoms with van der Waals surface area (Å²) in [6.45, 7) is 3.14. The zero-order chi connectivity index (χ0) is 23.4. The van der Waals surface area contributed by atoms with Gasteiger partial charge in [0.15, 0.2) is 0 Å². The van der Waals surface area contributed by atoms with Crippen LogP contribution in [-0.2, 0) is 17.3 Å². The van der Waals surface area contributed by atoms with Gasteiger partial charge in [-0.25, -0.2) is 0 Å². The van der Waals surface area contributed by atoms with Crippen LogP contribution in [0, 0.1) is 12.3 Å². The Hall–Kier alpha value is -1.96. The molecular formula is C26H30F3NO3. The lowest BCUT2D eigenvalue weighted by Gasteiger charge is -2.47. The van der Waals surface area contributed by atoms with E-state index in [9.17, 15) is 23.4 Å². The van der Waals surface area contributed by atoms with Crippen molar-refractivity contribution in [2.75, 3.05) is 13.2 Å². The highest BCUT2D eigenvalue weighted by atomic mass is 19.4. The molecule has 3 aliphatic rings. The van der Waals surface area contributed by atoms with E-state index in [-0.39, 0.29) is 11.3 Å². The molecule has 4 nitrogen and oxygen atoms in total. The lowest BCUT2D eigenvalue weighted by atomic mass is 9.59. The number of nitrogens with zero attached hydrogens (tertiary/aromatic N) is 1. The van der Waals surface area contributed by atoms with Crippen molar-refractivity contribution < 1.29 is 28.1 Å². The zero-order valence-corrected chi connectivity index (χ0v) is 18.8. The van der Waals surface area contributed by atoms with Crippen molar-refractivity contribution in [2.45, 2.75) is 76.2 Å². The molecule has 2 aliphatic carbocycles. The SMILES string of the molecule is Cc1c2c(nc(C3CCOCC3)c1[C@@H](O)c1ccc(C(F)(F)F)cc1)CC1(CCC1)CC2O. The average Bonchev–Trinajstić information content (AvgIpc) is 2.77. The minimum Gasteiger partial charge on any atom is -0.388 e. The summed E-state index contributed by atoms with van der Waals surface area (Å²) < 4.78 is 44.6. The molecule has 2 N–H and O–H groups in total. The number of aliphatic hydroxyl groups is 2. The number of hydrogen-bond donors (Lipinski definition) is 2. The van der Waals surface area contributed by atoms with Gasteiger partial charge in [0.1, 0.15) is 6.10 Å². The van der Waals surface area contributed by atoms with E-state index < -0.39 is 23.9 Å². The minimum absolute atomic E-state index is 0.109. The van der Waals surface area contributed by atoms with Gasteiger partial charge in [0.05, 0.1) is 17.4 Å². The van der Waals surface area contributed by atoms with Gasteiger partial charge in [-0.05, 0) is 74.1 Å². The Kier molecular flexibility index (Phi) is 5.78. The Balaban J connectivity index is 1.60. The molecule has 33 heavy (non-hydrogen) atoms. The number of hydrogen-bond acceptors (Lipinski definition) is 4. The van der Waals surface area contributed by atoms with E-state index in [1.54, 1.807) is 0 Å². The molecule has 2 aromatic rings. The summed E-state index contributed by atoms with van der Waals surface area (Å²) in [6.07, 6.45) is 0.317. The molecular weight excluding hydrogens is 431 g/mol. The maximum Gasteiger partial charge on any atom is 0.416 e. The Morgan fingerprint density at radius 3 is 2.36 bits per heavy atom. The number of alkyl halides is 3. The number of rotatable bonds is 3. The number of benzene rings is 1. The molecule has 1 aromatic heterocycles. The van der Waals surface area contributed by atoms with Crippen molar-refractivity contribution in [3.8, 4) is 0 Å². The molecule has 2 atom stereocenters. The van der Waals surface area contributed by atoms with Gasteiger partial charge < -0.3 is 14.9 Å². The number of fused-ring (bicyclic) bond motifs is 1. The second kappa shape index (κ2) is 8.36. The topological polar surface area (TPSA) is 62.6 Å². The van der Waals surface area contributed by atoms with Crippen molar-refractivity contribution in [3.63, 3.8) is 0 Å². The fourth-order valence-electron chi connectivity index (χ4n) is 6.04. The maximum atomic E-state index is 13.0. The van der Waals surface area contributed by atoms with Gasteiger partial charge in [0.2, 0.25) is 0 Å². The van der Waals surface area contributed by atoms with Crippen LogP contribution < -0.4 is 0 Å². The molecule has 1 spiro atoms. The number of halogens is 3. The maximum absolute atomic E-state index is 13.0. The van der Waals surface area contributed by atoms with Crippen LogP contribution in [-0.4, -0.2) is 28.4 Å². The molecule has 178 valence electrons. The molecule has 5 rings (SSSR count). The van der Waals surface area contributed by atoms with Crippen molar-refractivity contribution in [1.29, 1.82) is 0 Å². The quantitative estimate of drug-likeness (QED) is 0.631. The monoisotopic (exact) mass is 461 g/mol. The van der Waals surface area contributed by atoms with Gasteiger partial charge in [-0.1, -0.05) is 18.6 Å². The summed E-state index contributed by atoms with van der Waals surface area (Å²) in [7, 11) is 0. The second-order valence-electron chi connectivity index (χ2n) is 10.1. The summed E-state index contributed by atoms with van der Waals surface area (Å²) >= 11 is 0. The van der Waals surface area contributed by atoms with Crippen LogP contribution in [0.3, 0.4) is 0 Å².